The summed E-state index contributed by atoms with van der Waals surface area (Å²) in [6.07, 6.45) is 0. The van der Waals surface area contributed by atoms with Gasteiger partial charge in [0.1, 0.15) is 18.9 Å². The Bertz CT molecular complexity index is 1230. The van der Waals surface area contributed by atoms with Crippen LogP contribution in [0.25, 0.3) is 0 Å². The highest BCUT2D eigenvalue weighted by molar-refractivity contribution is 9.10. The molecule has 0 aromatic heterocycles. The molecule has 0 radical (unpaired) electrons. The summed E-state index contributed by atoms with van der Waals surface area (Å²) in [6, 6.07) is 21.2. The van der Waals surface area contributed by atoms with E-state index in [2.05, 4.69) is 42.0 Å². The first-order valence-corrected chi connectivity index (χ1v) is 13.6. The van der Waals surface area contributed by atoms with Gasteiger partial charge in [0.2, 0.25) is 5.91 Å². The van der Waals surface area contributed by atoms with E-state index in [0.717, 1.165) is 14.3 Å². The summed E-state index contributed by atoms with van der Waals surface area (Å²) in [5.74, 6) is 0.293. The number of benzene rings is 3. The van der Waals surface area contributed by atoms with Crippen molar-refractivity contribution in [2.45, 2.75) is 38.0 Å². The van der Waals surface area contributed by atoms with Gasteiger partial charge >= 0.3 is 0 Å². The third kappa shape index (κ3) is 7.32. The van der Waals surface area contributed by atoms with Gasteiger partial charge in [0.15, 0.2) is 0 Å². The number of hydrogen-bond donors (Lipinski definition) is 1. The zero-order chi connectivity index (χ0) is 25.6. The Labute approximate surface area is 216 Å². The molecule has 0 heterocycles. The van der Waals surface area contributed by atoms with Crippen molar-refractivity contribution in [3.8, 4) is 5.75 Å². The molecule has 0 spiro atoms. The molecule has 35 heavy (non-hydrogen) atoms. The molecule has 8 heteroatoms. The van der Waals surface area contributed by atoms with Crippen molar-refractivity contribution in [1.82, 2.24) is 5.32 Å². The van der Waals surface area contributed by atoms with Crippen LogP contribution in [0.2, 0.25) is 0 Å². The fraction of sp³-hybridized carbons (Fsp3) is 0.296. The van der Waals surface area contributed by atoms with Gasteiger partial charge in [-0.1, -0.05) is 66.5 Å². The molecule has 0 saturated heterocycles. The first-order chi connectivity index (χ1) is 16.5. The average Bonchev–Trinajstić information content (AvgIpc) is 2.81. The van der Waals surface area contributed by atoms with Crippen LogP contribution in [0, 0.1) is 6.92 Å². The maximum absolute atomic E-state index is 13.4. The second-order valence-corrected chi connectivity index (χ2v) is 12.1. The summed E-state index contributed by atoms with van der Waals surface area (Å²) in [5.41, 5.74) is 2.62. The minimum atomic E-state index is -3.94. The standard InChI is InChI=1S/C27H31BrN2O4S/c1-20-5-15-25(16-6-20)35(32,33)30(23-11-9-22(28)10-12-23)19-26(31)29-17-18-34-24-13-7-21(8-14-24)27(2,3)4/h5-16H,17-19H2,1-4H3,(H,29,31). The van der Waals surface area contributed by atoms with E-state index in [9.17, 15) is 13.2 Å². The summed E-state index contributed by atoms with van der Waals surface area (Å²) >= 11 is 3.36. The lowest BCUT2D eigenvalue weighted by Gasteiger charge is -2.24. The number of hydrogen-bond acceptors (Lipinski definition) is 4. The van der Waals surface area contributed by atoms with Crippen LogP contribution in [-0.4, -0.2) is 34.0 Å². The maximum Gasteiger partial charge on any atom is 0.264 e. The van der Waals surface area contributed by atoms with Crippen LogP contribution in [0.15, 0.2) is 82.2 Å². The zero-order valence-electron chi connectivity index (χ0n) is 20.4. The normalized spacial score (nSPS) is 11.7. The van der Waals surface area contributed by atoms with Gasteiger partial charge < -0.3 is 10.1 Å². The molecule has 3 aromatic rings. The van der Waals surface area contributed by atoms with Crippen molar-refractivity contribution in [2.75, 3.05) is 24.0 Å². The lowest BCUT2D eigenvalue weighted by atomic mass is 9.87. The largest absolute Gasteiger partial charge is 0.492 e. The third-order valence-corrected chi connectivity index (χ3v) is 7.74. The monoisotopic (exact) mass is 558 g/mol. The second-order valence-electron chi connectivity index (χ2n) is 9.27. The van der Waals surface area contributed by atoms with E-state index in [1.165, 1.54) is 5.56 Å². The molecule has 6 nitrogen and oxygen atoms in total. The molecule has 0 aliphatic heterocycles. The maximum atomic E-state index is 13.4. The van der Waals surface area contributed by atoms with E-state index in [0.29, 0.717) is 11.4 Å². The Balaban J connectivity index is 1.64. The molecule has 3 aromatic carbocycles. The molecule has 1 amide bonds. The van der Waals surface area contributed by atoms with Crippen molar-refractivity contribution in [3.63, 3.8) is 0 Å². The Morgan fingerprint density at radius 3 is 2.11 bits per heavy atom. The number of nitrogens with zero attached hydrogens (tertiary/aromatic N) is 1. The van der Waals surface area contributed by atoms with Crippen molar-refractivity contribution in [3.05, 3.63) is 88.4 Å². The van der Waals surface area contributed by atoms with Crippen LogP contribution in [-0.2, 0) is 20.2 Å². The van der Waals surface area contributed by atoms with Gasteiger partial charge in [0.05, 0.1) is 17.1 Å². The number of rotatable bonds is 9. The number of amides is 1. The van der Waals surface area contributed by atoms with Gasteiger partial charge in [-0.25, -0.2) is 8.42 Å². The molecule has 0 aliphatic rings. The molecule has 1 N–H and O–H groups in total. The SMILES string of the molecule is Cc1ccc(S(=O)(=O)N(CC(=O)NCCOc2ccc(C(C)(C)C)cc2)c2ccc(Br)cc2)cc1. The number of ether oxygens (including phenoxy) is 1. The summed E-state index contributed by atoms with van der Waals surface area (Å²) in [5, 5.41) is 2.75. The number of carbonyl (C=O) groups excluding carboxylic acids is 1. The van der Waals surface area contributed by atoms with Crippen LogP contribution in [0.4, 0.5) is 5.69 Å². The zero-order valence-corrected chi connectivity index (χ0v) is 22.8. The van der Waals surface area contributed by atoms with E-state index >= 15 is 0 Å². The quantitative estimate of drug-likeness (QED) is 0.354. The van der Waals surface area contributed by atoms with E-state index in [1.54, 1.807) is 48.5 Å². The van der Waals surface area contributed by atoms with E-state index in [1.807, 2.05) is 31.2 Å². The van der Waals surface area contributed by atoms with Crippen molar-refractivity contribution in [1.29, 1.82) is 0 Å². The summed E-state index contributed by atoms with van der Waals surface area (Å²) in [6.45, 7) is 8.50. The highest BCUT2D eigenvalue weighted by Gasteiger charge is 2.27. The molecule has 0 atom stereocenters. The van der Waals surface area contributed by atoms with Crippen LogP contribution in [0.1, 0.15) is 31.9 Å². The van der Waals surface area contributed by atoms with E-state index < -0.39 is 15.9 Å². The van der Waals surface area contributed by atoms with Gasteiger partial charge in [-0.05, 0) is 66.4 Å². The summed E-state index contributed by atoms with van der Waals surface area (Å²) in [4.78, 5) is 12.8. The molecule has 0 unspecified atom stereocenters. The molecule has 186 valence electrons. The fourth-order valence-electron chi connectivity index (χ4n) is 3.36. The highest BCUT2D eigenvalue weighted by Crippen LogP contribution is 2.26. The van der Waals surface area contributed by atoms with Gasteiger partial charge in [-0.15, -0.1) is 0 Å². The van der Waals surface area contributed by atoms with Crippen molar-refractivity contribution < 1.29 is 17.9 Å². The van der Waals surface area contributed by atoms with Gasteiger partial charge in [-0.3, -0.25) is 9.10 Å². The van der Waals surface area contributed by atoms with Crippen LogP contribution in [0.3, 0.4) is 0 Å². The molecule has 0 fully saturated rings. The Hall–Kier alpha value is -2.84. The van der Waals surface area contributed by atoms with Crippen LogP contribution < -0.4 is 14.4 Å². The predicted molar refractivity (Wildman–Crippen MR) is 143 cm³/mol. The van der Waals surface area contributed by atoms with Gasteiger partial charge in [-0.2, -0.15) is 0 Å². The van der Waals surface area contributed by atoms with E-state index in [4.69, 9.17) is 4.74 Å². The van der Waals surface area contributed by atoms with Crippen LogP contribution in [0.5, 0.6) is 5.75 Å². The van der Waals surface area contributed by atoms with Crippen LogP contribution >= 0.6 is 15.9 Å². The first kappa shape index (κ1) is 26.8. The van der Waals surface area contributed by atoms with Gasteiger partial charge in [0.25, 0.3) is 10.0 Å². The fourth-order valence-corrected chi connectivity index (χ4v) is 5.04. The Morgan fingerprint density at radius 1 is 0.943 bits per heavy atom. The predicted octanol–water partition coefficient (Wildman–Crippen LogP) is 5.45. The third-order valence-electron chi connectivity index (χ3n) is 5.42. The summed E-state index contributed by atoms with van der Waals surface area (Å²) in [7, 11) is -3.94. The summed E-state index contributed by atoms with van der Waals surface area (Å²) < 4.78 is 34.4. The Morgan fingerprint density at radius 2 is 1.54 bits per heavy atom. The number of aryl methyl sites for hydroxylation is 1. The molecule has 0 bridgehead atoms. The molecule has 0 aliphatic carbocycles. The molecular weight excluding hydrogens is 528 g/mol. The highest BCUT2D eigenvalue weighted by atomic mass is 79.9. The molecule has 0 saturated carbocycles. The van der Waals surface area contributed by atoms with Gasteiger partial charge in [0, 0.05) is 4.47 Å². The minimum Gasteiger partial charge on any atom is -0.492 e. The first-order valence-electron chi connectivity index (χ1n) is 11.3. The Kier molecular flexibility index (Phi) is 8.61. The number of halogens is 1. The smallest absolute Gasteiger partial charge is 0.264 e. The number of carbonyl (C=O) groups is 1. The molecular formula is C27H31BrN2O4S. The topological polar surface area (TPSA) is 75.7 Å². The number of nitrogens with one attached hydrogen (secondary N) is 1. The lowest BCUT2D eigenvalue weighted by Crippen LogP contribution is -2.41. The lowest BCUT2D eigenvalue weighted by molar-refractivity contribution is -0.119. The molecule has 3 rings (SSSR count). The minimum absolute atomic E-state index is 0.0616. The van der Waals surface area contributed by atoms with E-state index in [-0.39, 0.29) is 30.0 Å². The van der Waals surface area contributed by atoms with Crippen molar-refractivity contribution in [2.24, 2.45) is 0 Å². The van der Waals surface area contributed by atoms with Crippen molar-refractivity contribution >= 4 is 37.5 Å². The average molecular weight is 560 g/mol. The number of sulfonamides is 1. The number of anilines is 1. The second kappa shape index (κ2) is 11.3.